The van der Waals surface area contributed by atoms with Gasteiger partial charge in [0.15, 0.2) is 0 Å². The van der Waals surface area contributed by atoms with Gasteiger partial charge in [0, 0.05) is 41.5 Å². The molecule has 2 atom stereocenters. The predicted molar refractivity (Wildman–Crippen MR) is 129 cm³/mol. The van der Waals surface area contributed by atoms with Crippen molar-refractivity contribution in [1.29, 1.82) is 0 Å². The zero-order chi connectivity index (χ0) is 24.1. The van der Waals surface area contributed by atoms with Crippen LogP contribution in [-0.4, -0.2) is 43.3 Å². The second-order valence-corrected chi connectivity index (χ2v) is 11.4. The molecule has 0 saturated heterocycles. The van der Waals surface area contributed by atoms with E-state index in [-0.39, 0.29) is 29.2 Å². The lowest BCUT2D eigenvalue weighted by atomic mass is 9.78. The van der Waals surface area contributed by atoms with Gasteiger partial charge < -0.3 is 15.7 Å². The number of fused-ring (bicyclic) bond motifs is 1. The molecule has 2 saturated carbocycles. The standard InChI is InChI=1S/C25H32ClN5O3/c1-24(2)11-20-18(12-28-31(20)14-24)17-10-21(27-13-19(17)26)30-22(32)15-5-3-6-16(9-15)29-23(33)25(34)7-4-8-25/h10,12-13,15-16,34H,3-9,11,14H2,1-2H3,(H,29,33)(H,27,30,32)/t15-,16+/m0/s1. The highest BCUT2D eigenvalue weighted by Gasteiger charge is 2.43. The van der Waals surface area contributed by atoms with Crippen molar-refractivity contribution >= 4 is 29.2 Å². The third-order valence-electron chi connectivity index (χ3n) is 7.55. The minimum atomic E-state index is -1.22. The number of carbonyl (C=O) groups is 2. The van der Waals surface area contributed by atoms with Crippen LogP contribution in [0.5, 0.6) is 0 Å². The molecule has 3 aliphatic rings. The second kappa shape index (κ2) is 8.64. The molecule has 8 nitrogen and oxygen atoms in total. The van der Waals surface area contributed by atoms with Crippen molar-refractivity contribution in [2.75, 3.05) is 5.32 Å². The summed E-state index contributed by atoms with van der Waals surface area (Å²) in [5.41, 5.74) is 1.86. The molecule has 0 bridgehead atoms. The Morgan fingerprint density at radius 2 is 1.97 bits per heavy atom. The number of amides is 2. The average molecular weight is 486 g/mol. The van der Waals surface area contributed by atoms with Crippen LogP contribution in [0, 0.1) is 11.3 Å². The quantitative estimate of drug-likeness (QED) is 0.598. The first kappa shape index (κ1) is 23.3. The van der Waals surface area contributed by atoms with E-state index in [1.807, 2.05) is 16.9 Å². The minimum absolute atomic E-state index is 0.103. The summed E-state index contributed by atoms with van der Waals surface area (Å²) in [7, 11) is 0. The van der Waals surface area contributed by atoms with Gasteiger partial charge in [0.25, 0.3) is 5.91 Å². The smallest absolute Gasteiger partial charge is 0.252 e. The van der Waals surface area contributed by atoms with Crippen molar-refractivity contribution in [2.24, 2.45) is 11.3 Å². The highest BCUT2D eigenvalue weighted by Crippen LogP contribution is 2.39. The number of aliphatic hydroxyl groups is 1. The van der Waals surface area contributed by atoms with E-state index in [0.717, 1.165) is 55.5 Å². The summed E-state index contributed by atoms with van der Waals surface area (Å²) in [6.45, 7) is 5.31. The first-order valence-corrected chi connectivity index (χ1v) is 12.6. The molecule has 0 aromatic carbocycles. The number of nitrogens with zero attached hydrogens (tertiary/aromatic N) is 3. The molecule has 1 aliphatic heterocycles. The van der Waals surface area contributed by atoms with E-state index in [2.05, 4.69) is 34.6 Å². The van der Waals surface area contributed by atoms with E-state index >= 15 is 0 Å². The van der Waals surface area contributed by atoms with Crippen LogP contribution in [-0.2, 0) is 22.6 Å². The van der Waals surface area contributed by atoms with E-state index in [1.54, 1.807) is 6.20 Å². The van der Waals surface area contributed by atoms with Crippen molar-refractivity contribution in [3.8, 4) is 11.1 Å². The second-order valence-electron chi connectivity index (χ2n) is 11.0. The van der Waals surface area contributed by atoms with E-state index < -0.39 is 5.60 Å². The lowest BCUT2D eigenvalue weighted by Crippen LogP contribution is -2.55. The summed E-state index contributed by atoms with van der Waals surface area (Å²) in [4.78, 5) is 29.8. The van der Waals surface area contributed by atoms with Crippen molar-refractivity contribution in [3.63, 3.8) is 0 Å². The monoisotopic (exact) mass is 485 g/mol. The fourth-order valence-electron chi connectivity index (χ4n) is 5.43. The molecule has 34 heavy (non-hydrogen) atoms. The molecule has 3 heterocycles. The van der Waals surface area contributed by atoms with Crippen LogP contribution in [0.1, 0.15) is 64.5 Å². The molecular formula is C25H32ClN5O3. The molecule has 2 aromatic rings. The molecule has 2 aliphatic carbocycles. The van der Waals surface area contributed by atoms with Gasteiger partial charge in [-0.05, 0) is 56.4 Å². The highest BCUT2D eigenvalue weighted by molar-refractivity contribution is 6.33. The van der Waals surface area contributed by atoms with Gasteiger partial charge in [0.2, 0.25) is 5.91 Å². The summed E-state index contributed by atoms with van der Waals surface area (Å²) < 4.78 is 2.03. The molecule has 0 radical (unpaired) electrons. The Bertz CT molecular complexity index is 1120. The van der Waals surface area contributed by atoms with E-state index in [1.165, 1.54) is 0 Å². The van der Waals surface area contributed by atoms with Crippen LogP contribution in [0.4, 0.5) is 5.82 Å². The Labute approximate surface area is 204 Å². The van der Waals surface area contributed by atoms with Crippen LogP contribution >= 0.6 is 11.6 Å². The molecule has 2 amide bonds. The molecule has 3 N–H and O–H groups in total. The number of aromatic nitrogens is 3. The maximum Gasteiger partial charge on any atom is 0.252 e. The van der Waals surface area contributed by atoms with Crippen LogP contribution < -0.4 is 10.6 Å². The lowest BCUT2D eigenvalue weighted by Gasteiger charge is -2.37. The van der Waals surface area contributed by atoms with Crippen molar-refractivity contribution < 1.29 is 14.7 Å². The van der Waals surface area contributed by atoms with Crippen molar-refractivity contribution in [1.82, 2.24) is 20.1 Å². The predicted octanol–water partition coefficient (Wildman–Crippen LogP) is 3.71. The summed E-state index contributed by atoms with van der Waals surface area (Å²) in [6, 6.07) is 1.71. The fraction of sp³-hybridized carbons (Fsp3) is 0.600. The molecule has 0 unspecified atom stereocenters. The lowest BCUT2D eigenvalue weighted by molar-refractivity contribution is -0.149. The third kappa shape index (κ3) is 4.45. The summed E-state index contributed by atoms with van der Waals surface area (Å²) >= 11 is 6.49. The van der Waals surface area contributed by atoms with Crippen LogP contribution in [0.15, 0.2) is 18.5 Å². The van der Waals surface area contributed by atoms with Gasteiger partial charge in [-0.3, -0.25) is 14.3 Å². The molecule has 2 fully saturated rings. The molecule has 0 spiro atoms. The van der Waals surface area contributed by atoms with Gasteiger partial charge in [-0.1, -0.05) is 31.9 Å². The molecule has 5 rings (SSSR count). The Morgan fingerprint density at radius 3 is 2.71 bits per heavy atom. The van der Waals surface area contributed by atoms with Crippen LogP contribution in [0.3, 0.4) is 0 Å². The van der Waals surface area contributed by atoms with Crippen molar-refractivity contribution in [3.05, 3.63) is 29.2 Å². The number of hydrogen-bond acceptors (Lipinski definition) is 5. The summed E-state index contributed by atoms with van der Waals surface area (Å²) in [6.07, 6.45) is 9.19. The molecule has 9 heteroatoms. The Balaban J connectivity index is 1.26. The van der Waals surface area contributed by atoms with E-state index in [9.17, 15) is 14.7 Å². The van der Waals surface area contributed by atoms with Gasteiger partial charge in [-0.25, -0.2) is 4.98 Å². The van der Waals surface area contributed by atoms with Gasteiger partial charge in [-0.15, -0.1) is 0 Å². The first-order chi connectivity index (χ1) is 16.1. The Kier molecular flexibility index (Phi) is 5.92. The van der Waals surface area contributed by atoms with Gasteiger partial charge in [0.1, 0.15) is 11.4 Å². The number of halogens is 1. The molecule has 2 aromatic heterocycles. The SMILES string of the molecule is CC1(C)Cc2c(-c3cc(NC(=O)[C@H]4CCC[C@@H](NC(=O)C5(O)CCC5)C4)ncc3Cl)cnn2C1. The van der Waals surface area contributed by atoms with Crippen molar-refractivity contribution in [2.45, 2.75) is 83.4 Å². The number of nitrogens with one attached hydrogen (secondary N) is 2. The fourth-order valence-corrected chi connectivity index (χ4v) is 5.64. The summed E-state index contributed by atoms with van der Waals surface area (Å²) in [5.74, 6) is -0.178. The van der Waals surface area contributed by atoms with Crippen LogP contribution in [0.2, 0.25) is 5.02 Å². The average Bonchev–Trinajstić information content (AvgIpc) is 3.28. The third-order valence-corrected chi connectivity index (χ3v) is 7.85. The van der Waals surface area contributed by atoms with Gasteiger partial charge in [0.05, 0.1) is 11.2 Å². The van der Waals surface area contributed by atoms with E-state index in [4.69, 9.17) is 11.6 Å². The first-order valence-electron chi connectivity index (χ1n) is 12.2. The largest absolute Gasteiger partial charge is 0.380 e. The minimum Gasteiger partial charge on any atom is -0.380 e. The number of carbonyl (C=O) groups excluding carboxylic acids is 2. The Hall–Kier alpha value is -2.45. The molecular weight excluding hydrogens is 454 g/mol. The number of rotatable bonds is 5. The highest BCUT2D eigenvalue weighted by atomic mass is 35.5. The maximum absolute atomic E-state index is 13.1. The summed E-state index contributed by atoms with van der Waals surface area (Å²) in [5, 5.41) is 21.2. The Morgan fingerprint density at radius 1 is 1.18 bits per heavy atom. The number of hydrogen-bond donors (Lipinski definition) is 3. The number of anilines is 1. The molecule has 182 valence electrons. The van der Waals surface area contributed by atoms with E-state index in [0.29, 0.717) is 30.1 Å². The zero-order valence-electron chi connectivity index (χ0n) is 19.7. The normalized spacial score (nSPS) is 24.7. The maximum atomic E-state index is 13.1. The van der Waals surface area contributed by atoms with Gasteiger partial charge >= 0.3 is 0 Å². The topological polar surface area (TPSA) is 109 Å². The zero-order valence-corrected chi connectivity index (χ0v) is 20.5. The van der Waals surface area contributed by atoms with Gasteiger partial charge in [-0.2, -0.15) is 5.10 Å². The number of pyridine rings is 1. The van der Waals surface area contributed by atoms with Crippen LogP contribution in [0.25, 0.3) is 11.1 Å².